The molecule has 0 fully saturated rings. The Bertz CT molecular complexity index is 590. The molecule has 0 bridgehead atoms. The second-order valence-corrected chi connectivity index (χ2v) is 5.59. The van der Waals surface area contributed by atoms with Crippen molar-refractivity contribution >= 4 is 11.6 Å². The summed E-state index contributed by atoms with van der Waals surface area (Å²) < 4.78 is 13.7. The Morgan fingerprint density at radius 3 is 2.50 bits per heavy atom. The first-order valence-corrected chi connectivity index (χ1v) is 7.02. The van der Waals surface area contributed by atoms with Crippen LogP contribution in [-0.2, 0) is 12.8 Å². The first-order valence-electron chi connectivity index (χ1n) is 6.64. The first-order chi connectivity index (χ1) is 9.47. The van der Waals surface area contributed by atoms with Gasteiger partial charge in [0.1, 0.15) is 5.82 Å². The van der Waals surface area contributed by atoms with Crippen molar-refractivity contribution in [1.82, 2.24) is 0 Å². The van der Waals surface area contributed by atoms with E-state index in [9.17, 15) is 9.50 Å². The molecule has 106 valence electrons. The first kappa shape index (κ1) is 15.0. The fourth-order valence-corrected chi connectivity index (χ4v) is 2.48. The summed E-state index contributed by atoms with van der Waals surface area (Å²) in [7, 11) is 0. The van der Waals surface area contributed by atoms with Gasteiger partial charge < -0.3 is 5.11 Å². The van der Waals surface area contributed by atoms with E-state index in [2.05, 4.69) is 13.0 Å². The van der Waals surface area contributed by atoms with Crippen molar-refractivity contribution < 1.29 is 9.50 Å². The van der Waals surface area contributed by atoms with Gasteiger partial charge in [-0.25, -0.2) is 4.39 Å². The molecule has 2 rings (SSSR count). The van der Waals surface area contributed by atoms with E-state index in [-0.39, 0.29) is 12.2 Å². The Morgan fingerprint density at radius 1 is 1.10 bits per heavy atom. The van der Waals surface area contributed by atoms with Gasteiger partial charge in [-0.1, -0.05) is 35.9 Å². The zero-order valence-corrected chi connectivity index (χ0v) is 12.4. The molecule has 0 radical (unpaired) electrons. The summed E-state index contributed by atoms with van der Waals surface area (Å²) in [5, 5.41) is 10.5. The van der Waals surface area contributed by atoms with Crippen molar-refractivity contribution in [2.75, 3.05) is 0 Å². The van der Waals surface area contributed by atoms with Gasteiger partial charge in [-0.3, -0.25) is 0 Å². The summed E-state index contributed by atoms with van der Waals surface area (Å²) in [6.07, 6.45) is 0.0658. The third kappa shape index (κ3) is 3.59. The predicted octanol–water partition coefficient (Wildman–Crippen LogP) is 4.24. The molecule has 0 aromatic heterocycles. The van der Waals surface area contributed by atoms with Crippen molar-refractivity contribution in [3.8, 4) is 0 Å². The smallest absolute Gasteiger partial charge is 0.127 e. The van der Waals surface area contributed by atoms with E-state index in [0.29, 0.717) is 17.0 Å². The van der Waals surface area contributed by atoms with Crippen LogP contribution < -0.4 is 0 Å². The van der Waals surface area contributed by atoms with Gasteiger partial charge >= 0.3 is 0 Å². The topological polar surface area (TPSA) is 20.2 Å². The summed E-state index contributed by atoms with van der Waals surface area (Å²) in [6, 6.07) is 10.7. The number of rotatable bonds is 4. The zero-order chi connectivity index (χ0) is 14.7. The second-order valence-electron chi connectivity index (χ2n) is 5.18. The van der Waals surface area contributed by atoms with Crippen LogP contribution in [0.4, 0.5) is 4.39 Å². The lowest BCUT2D eigenvalue weighted by Gasteiger charge is -2.13. The van der Waals surface area contributed by atoms with E-state index >= 15 is 0 Å². The number of benzene rings is 2. The molecule has 0 aliphatic rings. The molecule has 1 N–H and O–H groups in total. The number of hydrogen-bond donors (Lipinski definition) is 1. The predicted molar refractivity (Wildman–Crippen MR) is 80.7 cm³/mol. The standard InChI is InChI=1S/C17H18ClFO/c1-11-6-7-13(8-12(11)2)9-14(20)10-15-16(18)4-3-5-17(15)19/h3-8,14,20H,9-10H2,1-2H3. The van der Waals surface area contributed by atoms with Crippen molar-refractivity contribution in [1.29, 1.82) is 0 Å². The molecule has 0 heterocycles. The fraction of sp³-hybridized carbons (Fsp3) is 0.294. The molecule has 0 aliphatic carbocycles. The van der Waals surface area contributed by atoms with Crippen molar-refractivity contribution in [2.24, 2.45) is 0 Å². The van der Waals surface area contributed by atoms with Crippen molar-refractivity contribution in [3.63, 3.8) is 0 Å². The lowest BCUT2D eigenvalue weighted by molar-refractivity contribution is 0.174. The Morgan fingerprint density at radius 2 is 1.85 bits per heavy atom. The van der Waals surface area contributed by atoms with E-state index in [1.165, 1.54) is 17.2 Å². The SMILES string of the molecule is Cc1ccc(CC(O)Cc2c(F)cccc2Cl)cc1C. The van der Waals surface area contributed by atoms with Crippen LogP contribution >= 0.6 is 11.6 Å². The summed E-state index contributed by atoms with van der Waals surface area (Å²) in [5.74, 6) is -0.364. The van der Waals surface area contributed by atoms with E-state index < -0.39 is 6.10 Å². The van der Waals surface area contributed by atoms with Gasteiger partial charge in [0.2, 0.25) is 0 Å². The molecule has 1 unspecified atom stereocenters. The lowest BCUT2D eigenvalue weighted by Crippen LogP contribution is -2.15. The summed E-state index contributed by atoms with van der Waals surface area (Å²) in [4.78, 5) is 0. The van der Waals surface area contributed by atoms with Gasteiger partial charge in [-0.15, -0.1) is 0 Å². The number of aliphatic hydroxyl groups excluding tert-OH is 1. The van der Waals surface area contributed by atoms with Crippen LogP contribution in [0.5, 0.6) is 0 Å². The highest BCUT2D eigenvalue weighted by Crippen LogP contribution is 2.22. The van der Waals surface area contributed by atoms with E-state index in [0.717, 1.165) is 5.56 Å². The maximum absolute atomic E-state index is 13.7. The molecule has 20 heavy (non-hydrogen) atoms. The zero-order valence-electron chi connectivity index (χ0n) is 11.7. The van der Waals surface area contributed by atoms with Crippen LogP contribution in [0.3, 0.4) is 0 Å². The van der Waals surface area contributed by atoms with Gasteiger partial charge in [-0.2, -0.15) is 0 Å². The maximum atomic E-state index is 13.7. The minimum absolute atomic E-state index is 0.221. The van der Waals surface area contributed by atoms with E-state index in [1.807, 2.05) is 19.1 Å². The van der Waals surface area contributed by atoms with Crippen molar-refractivity contribution in [2.45, 2.75) is 32.8 Å². The van der Waals surface area contributed by atoms with Crippen LogP contribution in [0, 0.1) is 19.7 Å². The van der Waals surface area contributed by atoms with Gasteiger partial charge in [0, 0.05) is 17.0 Å². The van der Waals surface area contributed by atoms with Crippen molar-refractivity contribution in [3.05, 3.63) is 69.5 Å². The highest BCUT2D eigenvalue weighted by atomic mass is 35.5. The number of aliphatic hydroxyl groups is 1. The van der Waals surface area contributed by atoms with Crippen LogP contribution in [-0.4, -0.2) is 11.2 Å². The van der Waals surface area contributed by atoms with Crippen LogP contribution in [0.15, 0.2) is 36.4 Å². The normalized spacial score (nSPS) is 12.4. The van der Waals surface area contributed by atoms with Gasteiger partial charge in [-0.05, 0) is 49.1 Å². The summed E-state index contributed by atoms with van der Waals surface area (Å²) in [5.41, 5.74) is 3.84. The molecular formula is C17H18ClFO. The second kappa shape index (κ2) is 6.38. The average Bonchev–Trinajstić information content (AvgIpc) is 2.38. The largest absolute Gasteiger partial charge is 0.392 e. The molecule has 0 amide bonds. The highest BCUT2D eigenvalue weighted by molar-refractivity contribution is 6.31. The molecule has 1 nitrogen and oxygen atoms in total. The quantitative estimate of drug-likeness (QED) is 0.893. The van der Waals surface area contributed by atoms with Gasteiger partial charge in [0.15, 0.2) is 0 Å². The minimum atomic E-state index is -0.647. The Hall–Kier alpha value is -1.38. The molecular weight excluding hydrogens is 275 g/mol. The number of aryl methyl sites for hydroxylation is 2. The minimum Gasteiger partial charge on any atom is -0.392 e. The van der Waals surface area contributed by atoms with Gasteiger partial charge in [0.05, 0.1) is 6.10 Å². The Labute approximate surface area is 124 Å². The number of halogens is 2. The lowest BCUT2D eigenvalue weighted by atomic mass is 9.98. The third-order valence-corrected chi connectivity index (χ3v) is 3.90. The summed E-state index contributed by atoms with van der Waals surface area (Å²) >= 11 is 5.97. The third-order valence-electron chi connectivity index (χ3n) is 3.54. The van der Waals surface area contributed by atoms with E-state index in [4.69, 9.17) is 11.6 Å². The summed E-state index contributed by atoms with van der Waals surface area (Å²) in [6.45, 7) is 4.09. The highest BCUT2D eigenvalue weighted by Gasteiger charge is 2.13. The fourth-order valence-electron chi connectivity index (χ4n) is 2.24. The maximum Gasteiger partial charge on any atom is 0.127 e. The van der Waals surface area contributed by atoms with Crippen LogP contribution in [0.2, 0.25) is 5.02 Å². The molecule has 0 aliphatic heterocycles. The van der Waals surface area contributed by atoms with Crippen LogP contribution in [0.25, 0.3) is 0 Å². The molecule has 0 saturated heterocycles. The van der Waals surface area contributed by atoms with Gasteiger partial charge in [0.25, 0.3) is 0 Å². The molecule has 1 atom stereocenters. The molecule has 2 aromatic rings. The van der Waals surface area contributed by atoms with Crippen LogP contribution in [0.1, 0.15) is 22.3 Å². The monoisotopic (exact) mass is 292 g/mol. The van der Waals surface area contributed by atoms with E-state index in [1.54, 1.807) is 12.1 Å². The molecule has 2 aromatic carbocycles. The Balaban J connectivity index is 2.09. The molecule has 0 spiro atoms. The number of hydrogen-bond acceptors (Lipinski definition) is 1. The Kier molecular flexibility index (Phi) is 4.79. The average molecular weight is 293 g/mol. The molecule has 3 heteroatoms. The molecule has 0 saturated carbocycles.